The van der Waals surface area contributed by atoms with E-state index in [2.05, 4.69) is 18.7 Å². The lowest BCUT2D eigenvalue weighted by molar-refractivity contribution is 0.104. The number of rotatable bonds is 4. The van der Waals surface area contributed by atoms with Crippen LogP contribution >= 0.6 is 11.3 Å². The molecular weight excluding hydrogens is 342 g/mol. The molecule has 0 amide bonds. The van der Waals surface area contributed by atoms with Gasteiger partial charge in [-0.2, -0.15) is 10.5 Å². The Kier molecular flexibility index (Phi) is 5.02. The average molecular weight is 359 g/mol. The van der Waals surface area contributed by atoms with Crippen molar-refractivity contribution < 1.29 is 4.79 Å². The minimum absolute atomic E-state index is 0.0323. The molecule has 0 saturated carbocycles. The minimum Gasteiger partial charge on any atom is -0.364 e. The van der Waals surface area contributed by atoms with Gasteiger partial charge >= 0.3 is 0 Å². The minimum atomic E-state index is -0.142. The predicted octanol–water partition coefficient (Wildman–Crippen LogP) is 4.67. The fraction of sp³-hybridized carbons (Fsp3) is 0.190. The number of hydrogen-bond donors (Lipinski definition) is 0. The highest BCUT2D eigenvalue weighted by Gasteiger charge is 2.32. The van der Waals surface area contributed by atoms with Crippen LogP contribution in [0.15, 0.2) is 47.5 Å². The predicted molar refractivity (Wildman–Crippen MR) is 105 cm³/mol. The Morgan fingerprint density at radius 1 is 1.08 bits per heavy atom. The first-order valence-corrected chi connectivity index (χ1v) is 9.21. The van der Waals surface area contributed by atoms with Crippen LogP contribution in [0.4, 0.5) is 5.00 Å². The van der Waals surface area contributed by atoms with Crippen LogP contribution in [0.5, 0.6) is 0 Å². The first-order valence-electron chi connectivity index (χ1n) is 8.40. The molecule has 1 aliphatic rings. The van der Waals surface area contributed by atoms with E-state index in [4.69, 9.17) is 0 Å². The Morgan fingerprint density at radius 3 is 2.35 bits per heavy atom. The van der Waals surface area contributed by atoms with Crippen molar-refractivity contribution in [3.8, 4) is 12.1 Å². The van der Waals surface area contributed by atoms with Crippen LogP contribution in [0.2, 0.25) is 0 Å². The number of nitrogens with zero attached hydrogens (tertiary/aromatic N) is 3. The fourth-order valence-corrected chi connectivity index (χ4v) is 4.19. The normalized spacial score (nSPS) is 14.1. The number of anilines is 1. The summed E-state index contributed by atoms with van der Waals surface area (Å²) in [6, 6.07) is 15.0. The lowest BCUT2D eigenvalue weighted by Gasteiger charge is -2.17. The number of nitriles is 2. The fourth-order valence-electron chi connectivity index (χ4n) is 3.11. The molecule has 4 nitrogen and oxygen atoms in total. The lowest BCUT2D eigenvalue weighted by Crippen LogP contribution is -2.20. The maximum Gasteiger partial charge on any atom is 0.194 e. The van der Waals surface area contributed by atoms with Crippen molar-refractivity contribution in [3.05, 3.63) is 63.5 Å². The van der Waals surface area contributed by atoms with Crippen molar-refractivity contribution in [1.82, 2.24) is 0 Å². The molecule has 128 valence electrons. The quantitative estimate of drug-likeness (QED) is 0.587. The highest BCUT2D eigenvalue weighted by atomic mass is 32.1. The van der Waals surface area contributed by atoms with Gasteiger partial charge in [-0.05, 0) is 37.6 Å². The Bertz CT molecular complexity index is 994. The third kappa shape index (κ3) is 2.94. The van der Waals surface area contributed by atoms with E-state index in [1.165, 1.54) is 0 Å². The molecule has 0 fully saturated rings. The molecule has 2 aromatic rings. The molecule has 1 aromatic heterocycles. The van der Waals surface area contributed by atoms with Crippen molar-refractivity contribution in [2.45, 2.75) is 13.8 Å². The maximum atomic E-state index is 12.9. The maximum absolute atomic E-state index is 12.9. The van der Waals surface area contributed by atoms with Gasteiger partial charge in [-0.25, -0.2) is 0 Å². The summed E-state index contributed by atoms with van der Waals surface area (Å²) in [7, 11) is 0. The van der Waals surface area contributed by atoms with Crippen molar-refractivity contribution in [2.75, 3.05) is 18.0 Å². The number of thiophene rings is 1. The number of ketones is 1. The molecule has 3 rings (SSSR count). The number of hydrogen-bond acceptors (Lipinski definition) is 5. The number of carbonyl (C=O) groups is 1. The third-order valence-electron chi connectivity index (χ3n) is 4.40. The van der Waals surface area contributed by atoms with Gasteiger partial charge in [0.25, 0.3) is 0 Å². The number of carbonyl (C=O) groups excluding carboxylic acids is 1. The molecule has 1 heterocycles. The Labute approximate surface area is 156 Å². The van der Waals surface area contributed by atoms with Gasteiger partial charge in [-0.1, -0.05) is 24.3 Å². The van der Waals surface area contributed by atoms with E-state index < -0.39 is 0 Å². The third-order valence-corrected chi connectivity index (χ3v) is 5.50. The summed E-state index contributed by atoms with van der Waals surface area (Å²) in [5, 5.41) is 19.8. The standard InChI is InChI=1S/C21H17N3OS/c1-3-24(4-2)19-10-9-15(26-19)11-18-20(14(12-22)13-23)16-7-5-6-8-17(16)21(18)25/h5-11H,3-4H2,1-2H3/b18-11-. The van der Waals surface area contributed by atoms with Crippen LogP contribution in [-0.2, 0) is 0 Å². The van der Waals surface area contributed by atoms with Crippen molar-refractivity contribution in [1.29, 1.82) is 10.5 Å². The van der Waals surface area contributed by atoms with Gasteiger partial charge in [-0.15, -0.1) is 11.3 Å². The molecule has 0 unspecified atom stereocenters. The number of allylic oxidation sites excluding steroid dienone is 3. The molecule has 0 radical (unpaired) electrons. The number of benzene rings is 1. The molecule has 1 aromatic carbocycles. The van der Waals surface area contributed by atoms with E-state index in [1.54, 1.807) is 35.6 Å². The first kappa shape index (κ1) is 17.7. The molecule has 26 heavy (non-hydrogen) atoms. The zero-order valence-corrected chi connectivity index (χ0v) is 15.4. The number of Topliss-reactive ketones (excluding diaryl/α,β-unsaturated/α-hetero) is 1. The second-order valence-corrected chi connectivity index (χ2v) is 6.85. The molecule has 5 heteroatoms. The van der Waals surface area contributed by atoms with Gasteiger partial charge < -0.3 is 4.90 Å². The SMILES string of the molecule is CCN(CC)c1ccc(/C=C2\C(=O)c3ccccc3C2=C(C#N)C#N)s1. The average Bonchev–Trinajstić information content (AvgIpc) is 3.23. The van der Waals surface area contributed by atoms with E-state index in [1.807, 2.05) is 30.3 Å². The van der Waals surface area contributed by atoms with Gasteiger partial charge in [0.1, 0.15) is 17.7 Å². The van der Waals surface area contributed by atoms with Crippen molar-refractivity contribution in [2.24, 2.45) is 0 Å². The van der Waals surface area contributed by atoms with Gasteiger partial charge in [0, 0.05) is 34.7 Å². The summed E-state index contributed by atoms with van der Waals surface area (Å²) in [4.78, 5) is 16.0. The molecule has 0 saturated heterocycles. The second-order valence-electron chi connectivity index (χ2n) is 5.75. The van der Waals surface area contributed by atoms with Crippen LogP contribution < -0.4 is 4.90 Å². The molecule has 0 bridgehead atoms. The van der Waals surface area contributed by atoms with Crippen LogP contribution in [0.25, 0.3) is 11.6 Å². The van der Waals surface area contributed by atoms with Gasteiger partial charge in [0.15, 0.2) is 5.78 Å². The molecule has 0 atom stereocenters. The summed E-state index contributed by atoms with van der Waals surface area (Å²) in [6.45, 7) is 6.03. The van der Waals surface area contributed by atoms with Crippen LogP contribution in [-0.4, -0.2) is 18.9 Å². The summed E-state index contributed by atoms with van der Waals surface area (Å²) < 4.78 is 0. The van der Waals surface area contributed by atoms with E-state index >= 15 is 0 Å². The molecule has 0 spiro atoms. The Morgan fingerprint density at radius 2 is 1.73 bits per heavy atom. The zero-order chi connectivity index (χ0) is 18.7. The topological polar surface area (TPSA) is 67.9 Å². The van der Waals surface area contributed by atoms with Gasteiger partial charge in [-0.3, -0.25) is 4.79 Å². The lowest BCUT2D eigenvalue weighted by atomic mass is 9.99. The summed E-state index contributed by atoms with van der Waals surface area (Å²) in [5.41, 5.74) is 2.01. The van der Waals surface area contributed by atoms with Crippen LogP contribution in [0, 0.1) is 22.7 Å². The highest BCUT2D eigenvalue weighted by Crippen LogP contribution is 2.40. The summed E-state index contributed by atoms with van der Waals surface area (Å²) in [5.74, 6) is -0.142. The zero-order valence-electron chi connectivity index (χ0n) is 14.6. The molecular formula is C21H17N3OS. The van der Waals surface area contributed by atoms with E-state index in [9.17, 15) is 15.3 Å². The van der Waals surface area contributed by atoms with Gasteiger partial charge in [0.05, 0.1) is 5.00 Å². The van der Waals surface area contributed by atoms with Crippen molar-refractivity contribution >= 4 is 33.8 Å². The Hall–Kier alpha value is -3.15. The van der Waals surface area contributed by atoms with Crippen LogP contribution in [0.3, 0.4) is 0 Å². The highest BCUT2D eigenvalue weighted by molar-refractivity contribution is 7.17. The smallest absolute Gasteiger partial charge is 0.194 e. The second kappa shape index (κ2) is 7.39. The van der Waals surface area contributed by atoms with E-state index in [0.29, 0.717) is 22.3 Å². The first-order chi connectivity index (χ1) is 12.6. The van der Waals surface area contributed by atoms with Crippen LogP contribution in [0.1, 0.15) is 34.6 Å². The van der Waals surface area contributed by atoms with Crippen molar-refractivity contribution in [3.63, 3.8) is 0 Å². The van der Waals surface area contributed by atoms with E-state index in [0.717, 1.165) is 23.0 Å². The molecule has 0 N–H and O–H groups in total. The van der Waals surface area contributed by atoms with E-state index in [-0.39, 0.29) is 11.4 Å². The molecule has 1 aliphatic carbocycles. The monoisotopic (exact) mass is 359 g/mol. The summed E-state index contributed by atoms with van der Waals surface area (Å²) >= 11 is 1.60. The molecule has 0 aliphatic heterocycles. The Balaban J connectivity index is 2.14. The largest absolute Gasteiger partial charge is 0.364 e. The number of fused-ring (bicyclic) bond motifs is 1. The van der Waals surface area contributed by atoms with Gasteiger partial charge in [0.2, 0.25) is 0 Å². The summed E-state index contributed by atoms with van der Waals surface area (Å²) in [6.07, 6.45) is 1.80.